The fourth-order valence-corrected chi connectivity index (χ4v) is 0.202. The third kappa shape index (κ3) is 3.47. The number of hydrogen-bond donors (Lipinski definition) is 0. The number of hydrogen-bond acceptors (Lipinski definition) is 2. The molecule has 0 fully saturated rings. The summed E-state index contributed by atoms with van der Waals surface area (Å²) in [4.78, 5) is 10.1. The predicted octanol–water partition coefficient (Wildman–Crippen LogP) is 1.07. The molecule has 0 spiro atoms. The molecule has 44 valence electrons. The van der Waals surface area contributed by atoms with Crippen LogP contribution in [-0.2, 0) is 9.53 Å². The number of carbonyl (C=O) groups excluding carboxylic acids is 1. The topological polar surface area (TPSA) is 26.3 Å². The van der Waals surface area contributed by atoms with Crippen molar-refractivity contribution in [3.8, 4) is 0 Å². The van der Waals surface area contributed by atoms with Crippen molar-refractivity contribution < 1.29 is 9.53 Å². The molecule has 0 aromatic carbocycles. The van der Waals surface area contributed by atoms with Crippen LogP contribution in [0.5, 0.6) is 0 Å². The average Bonchev–Trinajstić information content (AvgIpc) is 1.83. The molecular formula is C5H5ClO2. The van der Waals surface area contributed by atoms with E-state index in [2.05, 4.69) is 17.0 Å². The Morgan fingerprint density at radius 3 is 3.00 bits per heavy atom. The quantitative estimate of drug-likeness (QED) is 0.243. The van der Waals surface area contributed by atoms with Crippen molar-refractivity contribution in [3.63, 3.8) is 0 Å². The SMILES string of the molecule is C=C=COC(=O)CCl. The molecule has 0 radical (unpaired) electrons. The van der Waals surface area contributed by atoms with Crippen molar-refractivity contribution in [2.75, 3.05) is 5.88 Å². The maximum absolute atomic E-state index is 10.1. The van der Waals surface area contributed by atoms with Crippen LogP contribution in [0.15, 0.2) is 18.6 Å². The summed E-state index contributed by atoms with van der Waals surface area (Å²) >= 11 is 5.05. The molecule has 0 atom stereocenters. The van der Waals surface area contributed by atoms with Crippen molar-refractivity contribution in [1.29, 1.82) is 0 Å². The van der Waals surface area contributed by atoms with Gasteiger partial charge in [-0.05, 0) is 0 Å². The van der Waals surface area contributed by atoms with Crippen LogP contribution in [0.2, 0.25) is 0 Å². The van der Waals surface area contributed by atoms with Gasteiger partial charge in [-0.3, -0.25) is 4.79 Å². The van der Waals surface area contributed by atoms with E-state index < -0.39 is 5.97 Å². The first-order valence-electron chi connectivity index (χ1n) is 1.91. The predicted molar refractivity (Wildman–Crippen MR) is 30.5 cm³/mol. The number of carbonyl (C=O) groups is 1. The average molecular weight is 133 g/mol. The van der Waals surface area contributed by atoms with E-state index in [0.29, 0.717) is 0 Å². The Kier molecular flexibility index (Phi) is 4.04. The van der Waals surface area contributed by atoms with Crippen molar-refractivity contribution in [3.05, 3.63) is 18.6 Å². The molecule has 0 rings (SSSR count). The van der Waals surface area contributed by atoms with Gasteiger partial charge in [-0.15, -0.1) is 11.6 Å². The standard InChI is InChI=1S/C5H5ClO2/c1-2-3-8-5(7)4-6/h3H,1,4H2. The Hall–Kier alpha value is -0.720. The van der Waals surface area contributed by atoms with Crippen LogP contribution < -0.4 is 0 Å². The molecule has 0 amide bonds. The first kappa shape index (κ1) is 7.28. The summed E-state index contributed by atoms with van der Waals surface area (Å²) in [5, 5.41) is 0. The molecule has 0 saturated heterocycles. The minimum absolute atomic E-state index is 0.141. The highest BCUT2D eigenvalue weighted by molar-refractivity contribution is 6.26. The van der Waals surface area contributed by atoms with Gasteiger partial charge in [0, 0.05) is 0 Å². The van der Waals surface area contributed by atoms with Crippen LogP contribution in [0.3, 0.4) is 0 Å². The molecule has 8 heavy (non-hydrogen) atoms. The monoisotopic (exact) mass is 132 g/mol. The second-order valence-electron chi connectivity index (χ2n) is 0.945. The Labute approximate surface area is 52.4 Å². The normalized spacial score (nSPS) is 7.12. The fraction of sp³-hybridized carbons (Fsp3) is 0.200. The van der Waals surface area contributed by atoms with Gasteiger partial charge >= 0.3 is 5.97 Å². The Balaban J connectivity index is 3.39. The third-order valence-corrected chi connectivity index (χ3v) is 0.601. The minimum Gasteiger partial charge on any atom is -0.425 e. The molecule has 0 aliphatic carbocycles. The summed E-state index contributed by atoms with van der Waals surface area (Å²) in [6.07, 6.45) is 1.06. The molecule has 0 N–H and O–H groups in total. The summed E-state index contributed by atoms with van der Waals surface area (Å²) in [5.74, 6) is -0.638. The van der Waals surface area contributed by atoms with Crippen LogP contribution in [0.1, 0.15) is 0 Å². The van der Waals surface area contributed by atoms with E-state index in [1.807, 2.05) is 0 Å². The molecule has 0 aliphatic heterocycles. The Morgan fingerprint density at radius 1 is 2.00 bits per heavy atom. The van der Waals surface area contributed by atoms with Gasteiger partial charge in [0.2, 0.25) is 0 Å². The van der Waals surface area contributed by atoms with E-state index in [0.717, 1.165) is 6.26 Å². The highest BCUT2D eigenvalue weighted by atomic mass is 35.5. The number of rotatable bonds is 2. The zero-order valence-electron chi connectivity index (χ0n) is 4.19. The van der Waals surface area contributed by atoms with Crippen molar-refractivity contribution in [2.24, 2.45) is 0 Å². The lowest BCUT2D eigenvalue weighted by molar-refractivity contribution is -0.135. The number of ether oxygens (including phenoxy) is 1. The molecule has 2 nitrogen and oxygen atoms in total. The van der Waals surface area contributed by atoms with Gasteiger partial charge in [-0.2, -0.15) is 0 Å². The number of halogens is 1. The van der Waals surface area contributed by atoms with Gasteiger partial charge in [0.05, 0.1) is 0 Å². The fourth-order valence-electron chi connectivity index (χ4n) is 0.139. The highest BCUT2D eigenvalue weighted by Crippen LogP contribution is 1.81. The van der Waals surface area contributed by atoms with Crippen molar-refractivity contribution in [1.82, 2.24) is 0 Å². The first-order valence-corrected chi connectivity index (χ1v) is 2.44. The van der Waals surface area contributed by atoms with Crippen LogP contribution >= 0.6 is 11.6 Å². The molecule has 0 aliphatic rings. The first-order chi connectivity index (χ1) is 3.81. The molecule has 3 heteroatoms. The van der Waals surface area contributed by atoms with Crippen LogP contribution in [0, 0.1) is 0 Å². The largest absolute Gasteiger partial charge is 0.425 e. The maximum atomic E-state index is 10.1. The highest BCUT2D eigenvalue weighted by Gasteiger charge is 1.92. The van der Waals surface area contributed by atoms with E-state index in [-0.39, 0.29) is 5.88 Å². The van der Waals surface area contributed by atoms with E-state index in [9.17, 15) is 4.79 Å². The number of esters is 1. The number of alkyl halides is 1. The van der Waals surface area contributed by atoms with Crippen LogP contribution in [0.4, 0.5) is 0 Å². The molecule has 0 unspecified atom stereocenters. The molecule has 0 heterocycles. The van der Waals surface area contributed by atoms with Gasteiger partial charge < -0.3 is 4.74 Å². The molecular weight excluding hydrogens is 128 g/mol. The van der Waals surface area contributed by atoms with Gasteiger partial charge in [-0.1, -0.05) is 12.3 Å². The summed E-state index contributed by atoms with van der Waals surface area (Å²) in [6.45, 7) is 3.17. The second kappa shape index (κ2) is 4.44. The van der Waals surface area contributed by atoms with Gasteiger partial charge in [0.15, 0.2) is 0 Å². The van der Waals surface area contributed by atoms with Gasteiger partial charge in [-0.25, -0.2) is 0 Å². The van der Waals surface area contributed by atoms with Gasteiger partial charge in [0.1, 0.15) is 12.1 Å². The molecule has 0 saturated carbocycles. The lowest BCUT2D eigenvalue weighted by atomic mass is 10.8. The molecule has 0 aromatic heterocycles. The lowest BCUT2D eigenvalue weighted by Gasteiger charge is -1.87. The maximum Gasteiger partial charge on any atom is 0.326 e. The van der Waals surface area contributed by atoms with Crippen LogP contribution in [0.25, 0.3) is 0 Å². The zero-order valence-corrected chi connectivity index (χ0v) is 4.94. The van der Waals surface area contributed by atoms with Crippen molar-refractivity contribution in [2.45, 2.75) is 0 Å². The van der Waals surface area contributed by atoms with Crippen molar-refractivity contribution >= 4 is 17.6 Å². The van der Waals surface area contributed by atoms with Gasteiger partial charge in [0.25, 0.3) is 0 Å². The summed E-state index contributed by atoms with van der Waals surface area (Å²) < 4.78 is 4.27. The van der Waals surface area contributed by atoms with E-state index in [4.69, 9.17) is 11.6 Å². The Bertz CT molecular complexity index is 124. The molecule has 0 aromatic rings. The smallest absolute Gasteiger partial charge is 0.326 e. The zero-order chi connectivity index (χ0) is 6.41. The summed E-state index contributed by atoms with van der Waals surface area (Å²) in [7, 11) is 0. The second-order valence-corrected chi connectivity index (χ2v) is 1.21. The molecule has 0 bridgehead atoms. The van der Waals surface area contributed by atoms with E-state index >= 15 is 0 Å². The van der Waals surface area contributed by atoms with E-state index in [1.54, 1.807) is 0 Å². The lowest BCUT2D eigenvalue weighted by Crippen LogP contribution is -1.98. The van der Waals surface area contributed by atoms with Crippen LogP contribution in [-0.4, -0.2) is 11.8 Å². The summed E-state index contributed by atoms with van der Waals surface area (Å²) in [6, 6.07) is 0. The third-order valence-electron chi connectivity index (χ3n) is 0.383. The van der Waals surface area contributed by atoms with E-state index in [1.165, 1.54) is 0 Å². The Morgan fingerprint density at radius 2 is 2.62 bits per heavy atom. The minimum atomic E-state index is -0.497. The summed E-state index contributed by atoms with van der Waals surface area (Å²) in [5.41, 5.74) is 2.26.